The molecule has 0 unspecified atom stereocenters. The van der Waals surface area contributed by atoms with Gasteiger partial charge in [-0.25, -0.2) is 0 Å². The molecule has 0 fully saturated rings. The lowest BCUT2D eigenvalue weighted by molar-refractivity contribution is 0.0556. The summed E-state index contributed by atoms with van der Waals surface area (Å²) in [5, 5.41) is 11.4. The van der Waals surface area contributed by atoms with Crippen LogP contribution in [0.5, 0.6) is 0 Å². The van der Waals surface area contributed by atoms with Gasteiger partial charge in [-0.15, -0.1) is 0 Å². The summed E-state index contributed by atoms with van der Waals surface area (Å²) in [6.45, 7) is 8.74. The molecule has 1 aromatic rings. The van der Waals surface area contributed by atoms with Crippen LogP contribution in [0.4, 0.5) is 0 Å². The third kappa shape index (κ3) is 6.68. The topological polar surface area (TPSA) is 23.5 Å². The fraction of sp³-hybridized carbons (Fsp3) is 0.684. The van der Waals surface area contributed by atoms with E-state index in [-0.39, 0.29) is 6.04 Å². The Morgan fingerprint density at radius 3 is 1.91 bits per heavy atom. The van der Waals surface area contributed by atoms with Crippen molar-refractivity contribution in [3.05, 3.63) is 34.9 Å². The van der Waals surface area contributed by atoms with E-state index in [1.165, 1.54) is 38.5 Å². The average molecular weight is 326 g/mol. The van der Waals surface area contributed by atoms with Gasteiger partial charge in [-0.05, 0) is 50.6 Å². The highest BCUT2D eigenvalue weighted by Crippen LogP contribution is 2.23. The molecule has 0 saturated heterocycles. The van der Waals surface area contributed by atoms with E-state index in [0.29, 0.717) is 5.02 Å². The van der Waals surface area contributed by atoms with Gasteiger partial charge in [0.2, 0.25) is 0 Å². The summed E-state index contributed by atoms with van der Waals surface area (Å²) in [7, 11) is 0. The van der Waals surface area contributed by atoms with E-state index in [1.807, 2.05) is 24.3 Å². The third-order valence-electron chi connectivity index (χ3n) is 4.34. The first-order valence-electron chi connectivity index (χ1n) is 8.77. The van der Waals surface area contributed by atoms with E-state index in [4.69, 9.17) is 11.6 Å². The maximum absolute atomic E-state index is 10.7. The fourth-order valence-electron chi connectivity index (χ4n) is 2.79. The van der Waals surface area contributed by atoms with Crippen LogP contribution >= 0.6 is 11.6 Å². The SMILES string of the molecule is CCCCCN(CCCCC)[C@H](C)[C@@H](O)c1ccc(Cl)cc1. The number of aliphatic hydroxyl groups excluding tert-OH is 1. The summed E-state index contributed by atoms with van der Waals surface area (Å²) in [5.41, 5.74) is 0.952. The molecule has 0 spiro atoms. The predicted molar refractivity (Wildman–Crippen MR) is 96.5 cm³/mol. The second-order valence-electron chi connectivity index (χ2n) is 6.19. The lowest BCUT2D eigenvalue weighted by Gasteiger charge is -2.32. The van der Waals surface area contributed by atoms with Gasteiger partial charge in [-0.3, -0.25) is 4.90 Å². The Balaban J connectivity index is 2.66. The predicted octanol–water partition coefficient (Wildman–Crippen LogP) is 5.44. The molecule has 22 heavy (non-hydrogen) atoms. The van der Waals surface area contributed by atoms with Crippen LogP contribution in [-0.4, -0.2) is 29.1 Å². The van der Waals surface area contributed by atoms with Gasteiger partial charge in [-0.1, -0.05) is 63.3 Å². The molecular weight excluding hydrogens is 294 g/mol. The number of aliphatic hydroxyl groups is 1. The molecule has 1 N–H and O–H groups in total. The molecule has 0 aliphatic rings. The quantitative estimate of drug-likeness (QED) is 0.547. The van der Waals surface area contributed by atoms with Crippen molar-refractivity contribution in [2.45, 2.75) is 71.4 Å². The molecule has 0 aliphatic heterocycles. The van der Waals surface area contributed by atoms with Crippen molar-refractivity contribution >= 4 is 11.6 Å². The molecule has 2 nitrogen and oxygen atoms in total. The van der Waals surface area contributed by atoms with Crippen LogP contribution in [0.2, 0.25) is 5.02 Å². The summed E-state index contributed by atoms with van der Waals surface area (Å²) < 4.78 is 0. The molecule has 126 valence electrons. The zero-order valence-corrected chi connectivity index (χ0v) is 15.1. The summed E-state index contributed by atoms with van der Waals surface area (Å²) in [5.74, 6) is 0. The average Bonchev–Trinajstić information content (AvgIpc) is 2.53. The van der Waals surface area contributed by atoms with E-state index in [9.17, 15) is 5.11 Å². The van der Waals surface area contributed by atoms with Crippen LogP contribution in [0.25, 0.3) is 0 Å². The van der Waals surface area contributed by atoms with Gasteiger partial charge in [0, 0.05) is 11.1 Å². The molecule has 3 heteroatoms. The van der Waals surface area contributed by atoms with Gasteiger partial charge < -0.3 is 5.11 Å². The molecule has 0 aromatic heterocycles. The second-order valence-corrected chi connectivity index (χ2v) is 6.62. The molecule has 0 heterocycles. The van der Waals surface area contributed by atoms with E-state index >= 15 is 0 Å². The highest BCUT2D eigenvalue weighted by atomic mass is 35.5. The first kappa shape index (κ1) is 19.5. The Kier molecular flexibility index (Phi) is 9.77. The monoisotopic (exact) mass is 325 g/mol. The highest BCUT2D eigenvalue weighted by molar-refractivity contribution is 6.30. The Bertz CT molecular complexity index is 383. The zero-order chi connectivity index (χ0) is 16.4. The minimum absolute atomic E-state index is 0.134. The zero-order valence-electron chi connectivity index (χ0n) is 14.4. The van der Waals surface area contributed by atoms with Crippen LogP contribution in [0.15, 0.2) is 24.3 Å². The lowest BCUT2D eigenvalue weighted by atomic mass is 10.0. The normalized spacial score (nSPS) is 14.3. The van der Waals surface area contributed by atoms with Crippen molar-refractivity contribution in [2.24, 2.45) is 0 Å². The number of hydrogen-bond acceptors (Lipinski definition) is 2. The van der Waals surface area contributed by atoms with Crippen molar-refractivity contribution in [3.8, 4) is 0 Å². The van der Waals surface area contributed by atoms with Crippen LogP contribution in [-0.2, 0) is 0 Å². The first-order valence-corrected chi connectivity index (χ1v) is 9.15. The smallest absolute Gasteiger partial charge is 0.0942 e. The second kappa shape index (κ2) is 11.0. The Labute approximate surface area is 141 Å². The van der Waals surface area contributed by atoms with Gasteiger partial charge in [0.05, 0.1) is 6.10 Å². The van der Waals surface area contributed by atoms with Gasteiger partial charge in [0.1, 0.15) is 0 Å². The maximum Gasteiger partial charge on any atom is 0.0942 e. The van der Waals surface area contributed by atoms with Gasteiger partial charge in [0.15, 0.2) is 0 Å². The van der Waals surface area contributed by atoms with Crippen molar-refractivity contribution in [2.75, 3.05) is 13.1 Å². The van der Waals surface area contributed by atoms with Crippen molar-refractivity contribution in [1.29, 1.82) is 0 Å². The van der Waals surface area contributed by atoms with Crippen LogP contribution in [0.1, 0.15) is 71.0 Å². The molecule has 0 amide bonds. The lowest BCUT2D eigenvalue weighted by Crippen LogP contribution is -2.39. The Morgan fingerprint density at radius 1 is 0.955 bits per heavy atom. The largest absolute Gasteiger partial charge is 0.387 e. The minimum Gasteiger partial charge on any atom is -0.387 e. The number of halogens is 1. The fourth-order valence-corrected chi connectivity index (χ4v) is 2.91. The van der Waals surface area contributed by atoms with Crippen LogP contribution in [0, 0.1) is 0 Å². The molecule has 0 aliphatic carbocycles. The molecule has 0 bridgehead atoms. The standard InChI is InChI=1S/C19H32ClNO/c1-4-6-8-14-21(15-9-7-5-2)16(3)19(22)17-10-12-18(20)13-11-17/h10-13,16,19,22H,4-9,14-15H2,1-3H3/t16-,19-/m1/s1. The van der Waals surface area contributed by atoms with Crippen molar-refractivity contribution < 1.29 is 5.11 Å². The summed E-state index contributed by atoms with van der Waals surface area (Å²) >= 11 is 5.94. The van der Waals surface area contributed by atoms with Crippen LogP contribution < -0.4 is 0 Å². The summed E-state index contributed by atoms with van der Waals surface area (Å²) in [6, 6.07) is 7.70. The van der Waals surface area contributed by atoms with E-state index in [2.05, 4.69) is 25.7 Å². The van der Waals surface area contributed by atoms with E-state index in [1.54, 1.807) is 0 Å². The number of nitrogens with zero attached hydrogens (tertiary/aromatic N) is 1. The van der Waals surface area contributed by atoms with Crippen molar-refractivity contribution in [1.82, 2.24) is 4.90 Å². The highest BCUT2D eigenvalue weighted by Gasteiger charge is 2.22. The molecule has 1 aromatic carbocycles. The molecule has 2 atom stereocenters. The molecular formula is C19H32ClNO. The third-order valence-corrected chi connectivity index (χ3v) is 4.59. The summed E-state index contributed by atoms with van der Waals surface area (Å²) in [4.78, 5) is 2.45. The van der Waals surface area contributed by atoms with Gasteiger partial charge in [-0.2, -0.15) is 0 Å². The van der Waals surface area contributed by atoms with Crippen LogP contribution in [0.3, 0.4) is 0 Å². The first-order chi connectivity index (χ1) is 10.6. The Morgan fingerprint density at radius 2 is 1.45 bits per heavy atom. The maximum atomic E-state index is 10.7. The molecule has 0 radical (unpaired) electrons. The number of unbranched alkanes of at least 4 members (excludes halogenated alkanes) is 4. The van der Waals surface area contributed by atoms with E-state index < -0.39 is 6.10 Å². The molecule has 0 saturated carbocycles. The minimum atomic E-state index is -0.458. The Hall–Kier alpha value is -0.570. The van der Waals surface area contributed by atoms with Gasteiger partial charge >= 0.3 is 0 Å². The van der Waals surface area contributed by atoms with Gasteiger partial charge in [0.25, 0.3) is 0 Å². The molecule has 1 rings (SSSR count). The number of hydrogen-bond donors (Lipinski definition) is 1. The number of rotatable bonds is 11. The number of benzene rings is 1. The van der Waals surface area contributed by atoms with Crippen molar-refractivity contribution in [3.63, 3.8) is 0 Å². The summed E-state index contributed by atoms with van der Waals surface area (Å²) in [6.07, 6.45) is 6.94. The van der Waals surface area contributed by atoms with E-state index in [0.717, 1.165) is 18.7 Å².